The molecule has 27 heavy (non-hydrogen) atoms. The molecule has 0 saturated carbocycles. The van der Waals surface area contributed by atoms with Crippen LogP contribution in [0.2, 0.25) is 0 Å². The van der Waals surface area contributed by atoms with Crippen molar-refractivity contribution in [2.45, 2.75) is 6.54 Å². The lowest BCUT2D eigenvalue weighted by Gasteiger charge is -2.06. The lowest BCUT2D eigenvalue weighted by Crippen LogP contribution is -2.22. The number of hydrogen-bond acceptors (Lipinski definition) is 3. The van der Waals surface area contributed by atoms with Crippen molar-refractivity contribution in [3.63, 3.8) is 0 Å². The van der Waals surface area contributed by atoms with Crippen LogP contribution >= 0.6 is 11.3 Å². The largest absolute Gasteiger partial charge is 0.348 e. The predicted molar refractivity (Wildman–Crippen MR) is 111 cm³/mol. The van der Waals surface area contributed by atoms with E-state index in [1.807, 2.05) is 60.7 Å². The summed E-state index contributed by atoms with van der Waals surface area (Å²) in [4.78, 5) is 17.0. The molecule has 1 aromatic heterocycles. The highest BCUT2D eigenvalue weighted by molar-refractivity contribution is 7.13. The molecular weight excluding hydrogens is 352 g/mol. The van der Waals surface area contributed by atoms with E-state index in [4.69, 9.17) is 4.98 Å². The molecule has 0 fully saturated rings. The molecule has 3 nitrogen and oxygen atoms in total. The molecule has 0 aliphatic rings. The van der Waals surface area contributed by atoms with Crippen LogP contribution < -0.4 is 5.32 Å². The van der Waals surface area contributed by atoms with Crippen molar-refractivity contribution in [2.24, 2.45) is 0 Å². The van der Waals surface area contributed by atoms with Gasteiger partial charge < -0.3 is 5.32 Å². The maximum atomic E-state index is 12.2. The Morgan fingerprint density at radius 2 is 1.56 bits per heavy atom. The second kappa shape index (κ2) is 7.98. The minimum Gasteiger partial charge on any atom is -0.348 e. The monoisotopic (exact) mass is 370 g/mol. The second-order valence-electron chi connectivity index (χ2n) is 6.15. The summed E-state index contributed by atoms with van der Waals surface area (Å²) in [7, 11) is 0. The van der Waals surface area contributed by atoms with Gasteiger partial charge >= 0.3 is 0 Å². The molecule has 3 aromatic carbocycles. The van der Waals surface area contributed by atoms with E-state index >= 15 is 0 Å². The lowest BCUT2D eigenvalue weighted by atomic mass is 10.1. The van der Waals surface area contributed by atoms with E-state index in [1.54, 1.807) is 11.3 Å². The first-order chi connectivity index (χ1) is 13.3. The van der Waals surface area contributed by atoms with Crippen molar-refractivity contribution in [1.82, 2.24) is 10.3 Å². The first-order valence-electron chi connectivity index (χ1n) is 8.73. The first kappa shape index (κ1) is 17.2. The molecule has 0 aliphatic carbocycles. The third kappa shape index (κ3) is 4.13. The van der Waals surface area contributed by atoms with Gasteiger partial charge in [0.25, 0.3) is 5.91 Å². The van der Waals surface area contributed by atoms with Gasteiger partial charge in [0.05, 0.1) is 5.69 Å². The van der Waals surface area contributed by atoms with Crippen LogP contribution in [-0.2, 0) is 6.54 Å². The minimum atomic E-state index is -0.0679. The highest BCUT2D eigenvalue weighted by Crippen LogP contribution is 2.29. The smallest absolute Gasteiger partial charge is 0.251 e. The molecule has 4 rings (SSSR count). The third-order valence-electron chi connectivity index (χ3n) is 4.24. The van der Waals surface area contributed by atoms with Gasteiger partial charge in [-0.3, -0.25) is 4.79 Å². The average molecular weight is 370 g/mol. The van der Waals surface area contributed by atoms with Crippen molar-refractivity contribution in [1.29, 1.82) is 0 Å². The van der Waals surface area contributed by atoms with Crippen LogP contribution in [0.15, 0.2) is 90.3 Å². The molecule has 4 heteroatoms. The fourth-order valence-corrected chi connectivity index (χ4v) is 3.66. The summed E-state index contributed by atoms with van der Waals surface area (Å²) in [6.07, 6.45) is 0. The van der Waals surface area contributed by atoms with Crippen LogP contribution in [0.3, 0.4) is 0 Å². The van der Waals surface area contributed by atoms with Gasteiger partial charge in [-0.25, -0.2) is 4.98 Å². The molecule has 1 N–H and O–H groups in total. The molecule has 0 aliphatic heterocycles. The molecule has 0 bridgehead atoms. The van der Waals surface area contributed by atoms with Gasteiger partial charge in [0.2, 0.25) is 0 Å². The van der Waals surface area contributed by atoms with E-state index in [0.29, 0.717) is 12.1 Å². The zero-order chi connectivity index (χ0) is 18.5. The van der Waals surface area contributed by atoms with Crippen molar-refractivity contribution >= 4 is 17.2 Å². The number of nitrogens with one attached hydrogen (secondary N) is 1. The van der Waals surface area contributed by atoms with Gasteiger partial charge in [-0.15, -0.1) is 11.3 Å². The molecule has 132 valence electrons. The maximum absolute atomic E-state index is 12.2. The second-order valence-corrected chi connectivity index (χ2v) is 7.01. The highest BCUT2D eigenvalue weighted by atomic mass is 32.1. The number of aromatic nitrogens is 1. The van der Waals surface area contributed by atoms with Gasteiger partial charge in [0, 0.05) is 28.6 Å². The van der Waals surface area contributed by atoms with Gasteiger partial charge in [0.1, 0.15) is 5.01 Å². The molecule has 0 radical (unpaired) electrons. The first-order valence-corrected chi connectivity index (χ1v) is 9.61. The highest BCUT2D eigenvalue weighted by Gasteiger charge is 2.08. The Labute approximate surface area is 162 Å². The van der Waals surface area contributed by atoms with E-state index < -0.39 is 0 Å². The summed E-state index contributed by atoms with van der Waals surface area (Å²) in [6.45, 7) is 0.485. The van der Waals surface area contributed by atoms with Crippen molar-refractivity contribution < 1.29 is 4.79 Å². The van der Waals surface area contributed by atoms with Crippen molar-refractivity contribution in [2.75, 3.05) is 0 Å². The maximum Gasteiger partial charge on any atom is 0.251 e. The summed E-state index contributed by atoms with van der Waals surface area (Å²) in [5.41, 5.74) is 4.88. The fourth-order valence-electron chi connectivity index (χ4n) is 2.84. The molecule has 0 atom stereocenters. The van der Waals surface area contributed by atoms with Gasteiger partial charge in [-0.05, 0) is 23.8 Å². The number of amides is 1. The van der Waals surface area contributed by atoms with Gasteiger partial charge in [-0.1, -0.05) is 66.7 Å². The fraction of sp³-hybridized carbons (Fsp3) is 0.0435. The predicted octanol–water partition coefficient (Wildman–Crippen LogP) is 5.41. The van der Waals surface area contributed by atoms with Crippen LogP contribution in [0.4, 0.5) is 0 Å². The number of carbonyl (C=O) groups is 1. The van der Waals surface area contributed by atoms with Crippen molar-refractivity contribution in [3.05, 3.63) is 101 Å². The van der Waals surface area contributed by atoms with Gasteiger partial charge in [-0.2, -0.15) is 0 Å². The van der Waals surface area contributed by atoms with Gasteiger partial charge in [0.15, 0.2) is 0 Å². The number of benzene rings is 3. The summed E-state index contributed by atoms with van der Waals surface area (Å²) in [5.74, 6) is -0.0679. The van der Waals surface area contributed by atoms with Crippen LogP contribution in [0.25, 0.3) is 21.8 Å². The topological polar surface area (TPSA) is 42.0 Å². The number of carbonyl (C=O) groups excluding carboxylic acids is 1. The molecule has 1 amide bonds. The molecule has 1 heterocycles. The Morgan fingerprint density at radius 3 is 2.33 bits per heavy atom. The summed E-state index contributed by atoms with van der Waals surface area (Å²) >= 11 is 1.63. The summed E-state index contributed by atoms with van der Waals surface area (Å²) in [6, 6.07) is 27.6. The van der Waals surface area contributed by atoms with E-state index in [1.165, 1.54) is 0 Å². The molecule has 0 saturated heterocycles. The van der Waals surface area contributed by atoms with E-state index in [2.05, 4.69) is 35.0 Å². The number of hydrogen-bond donors (Lipinski definition) is 1. The zero-order valence-corrected chi connectivity index (χ0v) is 15.4. The quantitative estimate of drug-likeness (QED) is 0.510. The Morgan fingerprint density at radius 1 is 0.852 bits per heavy atom. The van der Waals surface area contributed by atoms with Crippen LogP contribution in [0.1, 0.15) is 15.9 Å². The Hall–Kier alpha value is -3.24. The third-order valence-corrected chi connectivity index (χ3v) is 5.13. The minimum absolute atomic E-state index is 0.0679. The molecule has 4 aromatic rings. The molecular formula is C23H18N2OS. The SMILES string of the molecule is O=C(NCc1cccc(-c2nc(-c3ccccc3)cs2)c1)c1ccccc1. The number of thiazole rings is 1. The molecule has 0 unspecified atom stereocenters. The zero-order valence-electron chi connectivity index (χ0n) is 14.6. The van der Waals surface area contributed by atoms with Crippen LogP contribution in [0.5, 0.6) is 0 Å². The summed E-state index contributed by atoms with van der Waals surface area (Å²) < 4.78 is 0. The standard InChI is InChI=1S/C23H18N2OS/c26-22(19-11-5-2-6-12-19)24-15-17-8-7-13-20(14-17)23-25-21(16-27-23)18-9-3-1-4-10-18/h1-14,16H,15H2,(H,24,26). The van der Waals surface area contributed by atoms with E-state index in [-0.39, 0.29) is 5.91 Å². The summed E-state index contributed by atoms with van der Waals surface area (Å²) in [5, 5.41) is 6.02. The van der Waals surface area contributed by atoms with Crippen LogP contribution in [-0.4, -0.2) is 10.9 Å². The average Bonchev–Trinajstić information content (AvgIpc) is 3.24. The Bertz CT molecular complexity index is 1040. The number of nitrogens with zero attached hydrogens (tertiary/aromatic N) is 1. The molecule has 0 spiro atoms. The van der Waals surface area contributed by atoms with Crippen molar-refractivity contribution in [3.8, 4) is 21.8 Å². The normalized spacial score (nSPS) is 10.5. The lowest BCUT2D eigenvalue weighted by molar-refractivity contribution is 0.0951. The Kier molecular flexibility index (Phi) is 5.08. The number of rotatable bonds is 5. The van der Waals surface area contributed by atoms with E-state index in [9.17, 15) is 4.79 Å². The van der Waals surface area contributed by atoms with E-state index in [0.717, 1.165) is 27.4 Å². The Balaban J connectivity index is 1.48. The van der Waals surface area contributed by atoms with Crippen LogP contribution in [0, 0.1) is 0 Å².